The molecule has 0 aliphatic heterocycles. The molecule has 0 aromatic heterocycles. The van der Waals surface area contributed by atoms with E-state index in [1.54, 1.807) is 12.1 Å². The second-order valence-corrected chi connectivity index (χ2v) is 4.95. The van der Waals surface area contributed by atoms with Crippen molar-refractivity contribution in [2.75, 3.05) is 6.54 Å². The number of aromatic hydroxyl groups is 1. The van der Waals surface area contributed by atoms with Gasteiger partial charge in [-0.25, -0.2) is 0 Å². The molecule has 21 heavy (non-hydrogen) atoms. The fraction of sp³-hybridized carbons (Fsp3) is 0.235. The number of hydrogen-bond acceptors (Lipinski definition) is 3. The summed E-state index contributed by atoms with van der Waals surface area (Å²) in [6.45, 7) is 2.89. The van der Waals surface area contributed by atoms with Crippen LogP contribution in [0.1, 0.15) is 30.0 Å². The molecule has 0 fully saturated rings. The van der Waals surface area contributed by atoms with Crippen LogP contribution in [-0.4, -0.2) is 17.5 Å². The molecule has 0 spiro atoms. The van der Waals surface area contributed by atoms with Crippen LogP contribution in [0.4, 0.5) is 0 Å². The lowest BCUT2D eigenvalue weighted by atomic mass is 10.0. The van der Waals surface area contributed by atoms with Gasteiger partial charge in [0.2, 0.25) is 0 Å². The van der Waals surface area contributed by atoms with Gasteiger partial charge in [-0.15, -0.1) is 0 Å². The van der Waals surface area contributed by atoms with E-state index in [9.17, 15) is 5.11 Å². The number of nitrogens with one attached hydrogen (secondary N) is 1. The van der Waals surface area contributed by atoms with Crippen LogP contribution in [0.5, 0.6) is 5.75 Å². The number of rotatable bonds is 6. The molecular formula is C17H21N3O. The SMILES string of the molecule is CCCN/N=C(\N)c1cccc(Cc2cccc(O)c2)c1. The summed E-state index contributed by atoms with van der Waals surface area (Å²) >= 11 is 0. The van der Waals surface area contributed by atoms with E-state index in [1.165, 1.54) is 0 Å². The molecule has 0 aliphatic carbocycles. The zero-order valence-corrected chi connectivity index (χ0v) is 12.2. The number of phenols is 1. The van der Waals surface area contributed by atoms with Crippen molar-refractivity contribution in [3.8, 4) is 5.75 Å². The first-order valence-electron chi connectivity index (χ1n) is 7.12. The van der Waals surface area contributed by atoms with E-state index < -0.39 is 0 Å². The number of amidine groups is 1. The Kier molecular flexibility index (Phi) is 5.21. The first kappa shape index (κ1) is 14.9. The Hall–Kier alpha value is -2.49. The quantitative estimate of drug-likeness (QED) is 0.330. The molecule has 2 aromatic carbocycles. The van der Waals surface area contributed by atoms with Crippen LogP contribution in [0.3, 0.4) is 0 Å². The Labute approximate surface area is 125 Å². The third-order valence-electron chi connectivity index (χ3n) is 3.10. The normalized spacial score (nSPS) is 11.4. The second kappa shape index (κ2) is 7.33. The highest BCUT2D eigenvalue weighted by Gasteiger charge is 2.02. The lowest BCUT2D eigenvalue weighted by molar-refractivity contribution is 0.474. The van der Waals surface area contributed by atoms with E-state index in [-0.39, 0.29) is 5.75 Å². The van der Waals surface area contributed by atoms with Gasteiger partial charge >= 0.3 is 0 Å². The fourth-order valence-corrected chi connectivity index (χ4v) is 2.06. The van der Waals surface area contributed by atoms with Gasteiger partial charge < -0.3 is 16.3 Å². The predicted molar refractivity (Wildman–Crippen MR) is 86.4 cm³/mol. The van der Waals surface area contributed by atoms with Crippen molar-refractivity contribution in [3.63, 3.8) is 0 Å². The molecule has 0 radical (unpaired) electrons. The Balaban J connectivity index is 2.12. The minimum Gasteiger partial charge on any atom is -0.508 e. The minimum atomic E-state index is 0.286. The zero-order chi connectivity index (χ0) is 15.1. The smallest absolute Gasteiger partial charge is 0.150 e. The predicted octanol–water partition coefficient (Wildman–Crippen LogP) is 2.60. The molecule has 0 unspecified atom stereocenters. The molecular weight excluding hydrogens is 262 g/mol. The fourth-order valence-electron chi connectivity index (χ4n) is 2.06. The highest BCUT2D eigenvalue weighted by molar-refractivity contribution is 5.97. The van der Waals surface area contributed by atoms with Gasteiger partial charge in [-0.1, -0.05) is 37.3 Å². The van der Waals surface area contributed by atoms with Crippen LogP contribution < -0.4 is 11.2 Å². The number of benzene rings is 2. The molecule has 0 saturated heterocycles. The molecule has 4 heteroatoms. The van der Waals surface area contributed by atoms with Crippen LogP contribution in [0.15, 0.2) is 53.6 Å². The largest absolute Gasteiger partial charge is 0.508 e. The van der Waals surface area contributed by atoms with Crippen molar-refractivity contribution in [3.05, 3.63) is 65.2 Å². The van der Waals surface area contributed by atoms with Gasteiger partial charge in [0.15, 0.2) is 5.84 Å². The summed E-state index contributed by atoms with van der Waals surface area (Å²) in [5.41, 5.74) is 12.0. The van der Waals surface area contributed by atoms with Crippen molar-refractivity contribution in [2.24, 2.45) is 10.8 Å². The highest BCUT2D eigenvalue weighted by atomic mass is 16.3. The average molecular weight is 283 g/mol. The third kappa shape index (κ3) is 4.53. The monoisotopic (exact) mass is 283 g/mol. The molecule has 110 valence electrons. The first-order chi connectivity index (χ1) is 10.2. The lowest BCUT2D eigenvalue weighted by Crippen LogP contribution is -2.19. The van der Waals surface area contributed by atoms with Crippen molar-refractivity contribution < 1.29 is 5.11 Å². The maximum absolute atomic E-state index is 9.51. The van der Waals surface area contributed by atoms with Crippen LogP contribution in [0.2, 0.25) is 0 Å². The molecule has 0 heterocycles. The van der Waals surface area contributed by atoms with Crippen molar-refractivity contribution in [2.45, 2.75) is 19.8 Å². The second-order valence-electron chi connectivity index (χ2n) is 4.95. The van der Waals surface area contributed by atoms with E-state index in [0.717, 1.165) is 36.1 Å². The molecule has 4 nitrogen and oxygen atoms in total. The zero-order valence-electron chi connectivity index (χ0n) is 12.2. The third-order valence-corrected chi connectivity index (χ3v) is 3.10. The Morgan fingerprint density at radius 3 is 2.57 bits per heavy atom. The summed E-state index contributed by atoms with van der Waals surface area (Å²) in [5, 5.41) is 13.7. The Morgan fingerprint density at radius 1 is 1.14 bits per heavy atom. The van der Waals surface area contributed by atoms with Crippen LogP contribution >= 0.6 is 0 Å². The highest BCUT2D eigenvalue weighted by Crippen LogP contribution is 2.16. The molecule has 0 atom stereocenters. The maximum atomic E-state index is 9.51. The average Bonchev–Trinajstić information content (AvgIpc) is 2.48. The van der Waals surface area contributed by atoms with Gasteiger partial charge in [-0.3, -0.25) is 0 Å². The minimum absolute atomic E-state index is 0.286. The standard InChI is InChI=1S/C17H21N3O/c1-2-9-19-20-17(18)15-7-3-5-13(11-15)10-14-6-4-8-16(21)12-14/h3-8,11-12,19,21H,2,9-10H2,1H3,(H2,18,20). The summed E-state index contributed by atoms with van der Waals surface area (Å²) in [7, 11) is 0. The summed E-state index contributed by atoms with van der Waals surface area (Å²) in [4.78, 5) is 0. The Morgan fingerprint density at radius 2 is 1.86 bits per heavy atom. The molecule has 0 saturated carbocycles. The number of hydrazone groups is 1. The lowest BCUT2D eigenvalue weighted by Gasteiger charge is -2.06. The van der Waals surface area contributed by atoms with Gasteiger partial charge in [0, 0.05) is 12.1 Å². The molecule has 0 bridgehead atoms. The summed E-state index contributed by atoms with van der Waals surface area (Å²) < 4.78 is 0. The summed E-state index contributed by atoms with van der Waals surface area (Å²) in [5.74, 6) is 0.773. The van der Waals surface area contributed by atoms with E-state index >= 15 is 0 Å². The number of hydrogen-bond donors (Lipinski definition) is 3. The Bertz CT molecular complexity index is 623. The first-order valence-corrected chi connectivity index (χ1v) is 7.12. The van der Waals surface area contributed by atoms with E-state index in [0.29, 0.717) is 5.84 Å². The van der Waals surface area contributed by atoms with Gasteiger partial charge in [-0.05, 0) is 42.2 Å². The van der Waals surface area contributed by atoms with E-state index in [4.69, 9.17) is 5.73 Å². The van der Waals surface area contributed by atoms with Gasteiger partial charge in [0.05, 0.1) is 0 Å². The van der Waals surface area contributed by atoms with Crippen LogP contribution in [-0.2, 0) is 6.42 Å². The van der Waals surface area contributed by atoms with Gasteiger partial charge in [0.25, 0.3) is 0 Å². The van der Waals surface area contributed by atoms with Crippen molar-refractivity contribution in [1.29, 1.82) is 0 Å². The molecule has 0 amide bonds. The molecule has 4 N–H and O–H groups in total. The summed E-state index contributed by atoms with van der Waals surface area (Å²) in [6, 6.07) is 15.3. The van der Waals surface area contributed by atoms with Crippen molar-refractivity contribution >= 4 is 5.84 Å². The summed E-state index contributed by atoms with van der Waals surface area (Å²) in [6.07, 6.45) is 1.76. The van der Waals surface area contributed by atoms with E-state index in [1.807, 2.05) is 36.4 Å². The topological polar surface area (TPSA) is 70.6 Å². The van der Waals surface area contributed by atoms with Crippen LogP contribution in [0, 0.1) is 0 Å². The van der Waals surface area contributed by atoms with Gasteiger partial charge in [-0.2, -0.15) is 5.10 Å². The van der Waals surface area contributed by atoms with E-state index in [2.05, 4.69) is 17.5 Å². The number of phenolic OH excluding ortho intramolecular Hbond substituents is 1. The maximum Gasteiger partial charge on any atom is 0.150 e. The number of nitrogens with two attached hydrogens (primary N) is 1. The molecule has 2 aromatic rings. The molecule has 2 rings (SSSR count). The number of nitrogens with zero attached hydrogens (tertiary/aromatic N) is 1. The van der Waals surface area contributed by atoms with Crippen LogP contribution in [0.25, 0.3) is 0 Å². The molecule has 0 aliphatic rings. The van der Waals surface area contributed by atoms with Crippen molar-refractivity contribution in [1.82, 2.24) is 5.43 Å². The van der Waals surface area contributed by atoms with Gasteiger partial charge in [0.1, 0.15) is 5.75 Å².